The molecule has 2 nitrogen and oxygen atoms in total. The minimum atomic E-state index is 0.448. The van der Waals surface area contributed by atoms with Gasteiger partial charge in [0.25, 0.3) is 0 Å². The third kappa shape index (κ3) is 1.59. The second kappa shape index (κ2) is 4.16. The van der Waals surface area contributed by atoms with Gasteiger partial charge in [-0.3, -0.25) is 9.97 Å². The topological polar surface area (TPSA) is 25.8 Å². The fourth-order valence-electron chi connectivity index (χ4n) is 2.35. The maximum atomic E-state index is 4.54. The summed E-state index contributed by atoms with van der Waals surface area (Å²) in [6.45, 7) is 0. The van der Waals surface area contributed by atoms with Gasteiger partial charge in [-0.1, -0.05) is 15.9 Å². The van der Waals surface area contributed by atoms with Crippen molar-refractivity contribution < 1.29 is 0 Å². The normalized spacial score (nSPS) is 18.7. The van der Waals surface area contributed by atoms with Gasteiger partial charge in [0.15, 0.2) is 0 Å². The van der Waals surface area contributed by atoms with E-state index in [0.29, 0.717) is 4.16 Å². The van der Waals surface area contributed by atoms with Crippen LogP contribution in [0.1, 0.15) is 5.56 Å². The Labute approximate surface area is 128 Å². The number of benzene rings is 1. The molecular weight excluding hydrogens is 396 g/mol. The zero-order valence-electron chi connectivity index (χ0n) is 8.98. The molecule has 0 fully saturated rings. The van der Waals surface area contributed by atoms with Crippen LogP contribution in [0.5, 0.6) is 0 Å². The molecule has 1 unspecified atom stereocenters. The molecule has 0 spiro atoms. The number of hydrogen-bond acceptors (Lipinski definition) is 4. The summed E-state index contributed by atoms with van der Waals surface area (Å²) in [6.07, 6.45) is 4.57. The molecule has 0 saturated carbocycles. The van der Waals surface area contributed by atoms with E-state index in [-0.39, 0.29) is 0 Å². The Morgan fingerprint density at radius 1 is 1.22 bits per heavy atom. The van der Waals surface area contributed by atoms with E-state index < -0.39 is 0 Å². The molecule has 0 aliphatic carbocycles. The van der Waals surface area contributed by atoms with Crippen molar-refractivity contribution in [3.63, 3.8) is 0 Å². The molecule has 6 heteroatoms. The van der Waals surface area contributed by atoms with Crippen molar-refractivity contribution in [1.82, 2.24) is 9.97 Å². The van der Waals surface area contributed by atoms with Crippen molar-refractivity contribution in [3.8, 4) is 0 Å². The van der Waals surface area contributed by atoms with Gasteiger partial charge in [-0.05, 0) is 34.0 Å². The smallest absolute Gasteiger partial charge is 0.0977 e. The summed E-state index contributed by atoms with van der Waals surface area (Å²) in [5.41, 5.74) is 3.42. The predicted molar refractivity (Wildman–Crippen MR) is 84.9 cm³/mol. The third-order valence-electron chi connectivity index (χ3n) is 3.03. The van der Waals surface area contributed by atoms with Gasteiger partial charge in [-0.15, -0.1) is 23.1 Å². The quantitative estimate of drug-likeness (QED) is 0.497. The SMILES string of the molecule is Brc1cc2c(s1)c1c(c3nccnc32)CC(Br)S1. The van der Waals surface area contributed by atoms with Crippen molar-refractivity contribution in [2.24, 2.45) is 0 Å². The molecule has 2 aromatic heterocycles. The highest BCUT2D eigenvalue weighted by Gasteiger charge is 2.27. The molecule has 1 atom stereocenters. The summed E-state index contributed by atoms with van der Waals surface area (Å²) in [4.78, 5) is 10.4. The van der Waals surface area contributed by atoms with E-state index in [4.69, 9.17) is 0 Å². The lowest BCUT2D eigenvalue weighted by Gasteiger charge is -2.04. The third-order valence-corrected chi connectivity index (χ3v) is 6.81. The Kier molecular flexibility index (Phi) is 2.69. The minimum absolute atomic E-state index is 0.448. The summed E-state index contributed by atoms with van der Waals surface area (Å²) in [5.74, 6) is 0. The van der Waals surface area contributed by atoms with Gasteiger partial charge >= 0.3 is 0 Å². The maximum absolute atomic E-state index is 4.54. The Hall–Kier alpha value is -0.170. The Bertz CT molecular complexity index is 784. The predicted octanol–water partition coefficient (Wildman–Crippen LogP) is 4.98. The van der Waals surface area contributed by atoms with E-state index in [0.717, 1.165) is 21.2 Å². The second-order valence-electron chi connectivity index (χ2n) is 4.09. The molecule has 1 aliphatic heterocycles. The maximum Gasteiger partial charge on any atom is 0.0977 e. The summed E-state index contributed by atoms with van der Waals surface area (Å²) >= 11 is 11.0. The molecule has 0 saturated heterocycles. The molecule has 0 N–H and O–H groups in total. The number of thioether (sulfide) groups is 1. The first-order valence-corrected chi connectivity index (χ1v) is 8.80. The van der Waals surface area contributed by atoms with Crippen molar-refractivity contribution in [2.45, 2.75) is 15.5 Å². The van der Waals surface area contributed by atoms with Crippen LogP contribution in [-0.2, 0) is 6.42 Å². The summed E-state index contributed by atoms with van der Waals surface area (Å²) in [5, 5.41) is 1.21. The van der Waals surface area contributed by atoms with Crippen LogP contribution >= 0.6 is 55.0 Å². The van der Waals surface area contributed by atoms with Crippen LogP contribution in [0.25, 0.3) is 21.1 Å². The van der Waals surface area contributed by atoms with Crippen molar-refractivity contribution in [1.29, 1.82) is 0 Å². The van der Waals surface area contributed by atoms with Crippen molar-refractivity contribution in [2.75, 3.05) is 0 Å². The zero-order valence-corrected chi connectivity index (χ0v) is 13.8. The van der Waals surface area contributed by atoms with Gasteiger partial charge in [0.1, 0.15) is 0 Å². The molecule has 0 bridgehead atoms. The number of hydrogen-bond donors (Lipinski definition) is 0. The molecule has 0 amide bonds. The van der Waals surface area contributed by atoms with Gasteiger partial charge in [0, 0.05) is 22.7 Å². The molecule has 4 rings (SSSR count). The van der Waals surface area contributed by atoms with Crippen LogP contribution in [0.2, 0.25) is 0 Å². The van der Waals surface area contributed by atoms with E-state index in [1.54, 1.807) is 23.7 Å². The molecule has 1 aliphatic rings. The van der Waals surface area contributed by atoms with Gasteiger partial charge in [-0.2, -0.15) is 0 Å². The number of fused-ring (bicyclic) bond motifs is 6. The standard InChI is InChI=1S/C12H6Br2N2S2/c13-7-3-5-9-10(16-2-1-15-9)6-4-8(14)18-12(6)11(5)17-7/h1-3,8H,4H2. The van der Waals surface area contributed by atoms with E-state index in [9.17, 15) is 0 Å². The summed E-state index contributed by atoms with van der Waals surface area (Å²) < 4.78 is 2.93. The van der Waals surface area contributed by atoms with Crippen LogP contribution in [0.3, 0.4) is 0 Å². The molecule has 18 heavy (non-hydrogen) atoms. The van der Waals surface area contributed by atoms with E-state index in [2.05, 4.69) is 47.9 Å². The van der Waals surface area contributed by atoms with Crippen LogP contribution < -0.4 is 0 Å². The average Bonchev–Trinajstić information content (AvgIpc) is 2.92. The molecule has 90 valence electrons. The number of thiophene rings is 1. The lowest BCUT2D eigenvalue weighted by Crippen LogP contribution is -1.92. The molecule has 0 radical (unpaired) electrons. The largest absolute Gasteiger partial charge is 0.253 e. The van der Waals surface area contributed by atoms with Gasteiger partial charge in [0.2, 0.25) is 0 Å². The number of rotatable bonds is 0. The highest BCUT2D eigenvalue weighted by Crippen LogP contribution is 2.49. The Morgan fingerprint density at radius 3 is 2.83 bits per heavy atom. The zero-order chi connectivity index (χ0) is 12.3. The first kappa shape index (κ1) is 11.6. The van der Waals surface area contributed by atoms with E-state index in [1.165, 1.54) is 20.5 Å². The van der Waals surface area contributed by atoms with Gasteiger partial charge < -0.3 is 0 Å². The first-order chi connectivity index (χ1) is 8.74. The van der Waals surface area contributed by atoms with Crippen molar-refractivity contribution >= 4 is 76.1 Å². The van der Waals surface area contributed by atoms with Crippen LogP contribution in [0, 0.1) is 0 Å². The van der Waals surface area contributed by atoms with Crippen LogP contribution in [-0.4, -0.2) is 14.1 Å². The van der Waals surface area contributed by atoms with Crippen LogP contribution in [0.15, 0.2) is 27.1 Å². The number of aromatic nitrogens is 2. The van der Waals surface area contributed by atoms with Crippen LogP contribution in [0.4, 0.5) is 0 Å². The number of nitrogens with zero attached hydrogens (tertiary/aromatic N) is 2. The minimum Gasteiger partial charge on any atom is -0.253 e. The fourth-order valence-corrected chi connectivity index (χ4v) is 6.12. The highest BCUT2D eigenvalue weighted by molar-refractivity contribution is 9.11. The van der Waals surface area contributed by atoms with Gasteiger partial charge in [-0.25, -0.2) is 0 Å². The fraction of sp³-hybridized carbons (Fsp3) is 0.167. The number of alkyl halides is 1. The lowest BCUT2D eigenvalue weighted by atomic mass is 10.1. The lowest BCUT2D eigenvalue weighted by molar-refractivity contribution is 1.13. The van der Waals surface area contributed by atoms with Crippen molar-refractivity contribution in [3.05, 3.63) is 27.8 Å². The number of halogens is 2. The molecular formula is C12H6Br2N2S2. The Balaban J connectivity index is 2.26. The van der Waals surface area contributed by atoms with E-state index >= 15 is 0 Å². The van der Waals surface area contributed by atoms with E-state index in [1.807, 2.05) is 11.8 Å². The van der Waals surface area contributed by atoms with Gasteiger partial charge in [0.05, 0.1) is 23.7 Å². The monoisotopic (exact) mass is 400 g/mol. The molecule has 1 aromatic carbocycles. The molecule has 3 heterocycles. The first-order valence-electron chi connectivity index (χ1n) is 5.39. The summed E-state index contributed by atoms with van der Waals surface area (Å²) in [6, 6.07) is 2.15. The average molecular weight is 402 g/mol. The molecule has 3 aromatic rings. The Morgan fingerprint density at radius 2 is 2.00 bits per heavy atom. The summed E-state index contributed by atoms with van der Waals surface area (Å²) in [7, 11) is 0. The second-order valence-corrected chi connectivity index (χ2v) is 9.44. The highest BCUT2D eigenvalue weighted by atomic mass is 79.9.